The fraction of sp³-hybridized carbons (Fsp3) is 0.294. The van der Waals surface area contributed by atoms with Gasteiger partial charge in [0.25, 0.3) is 5.91 Å². The van der Waals surface area contributed by atoms with Gasteiger partial charge in [0.2, 0.25) is 0 Å². The van der Waals surface area contributed by atoms with Crippen molar-refractivity contribution < 1.29 is 14.3 Å². The van der Waals surface area contributed by atoms with Gasteiger partial charge >= 0.3 is 6.03 Å². The number of nitrogens with one attached hydrogen (secondary N) is 2. The molecule has 0 aliphatic heterocycles. The lowest BCUT2D eigenvalue weighted by molar-refractivity contribution is -0.122. The first-order chi connectivity index (χ1) is 11.0. The molecule has 0 aliphatic rings. The van der Waals surface area contributed by atoms with Crippen molar-refractivity contribution in [1.82, 2.24) is 10.6 Å². The third-order valence-corrected chi connectivity index (χ3v) is 3.88. The summed E-state index contributed by atoms with van der Waals surface area (Å²) >= 11 is 3.42. The second-order valence-electron chi connectivity index (χ2n) is 5.27. The highest BCUT2D eigenvalue weighted by molar-refractivity contribution is 9.10. The molecule has 3 amide bonds. The molecule has 0 fully saturated rings. The molecule has 2 rings (SSSR count). The zero-order chi connectivity index (χ0) is 16.8. The van der Waals surface area contributed by atoms with Crippen LogP contribution in [0.2, 0.25) is 0 Å². The van der Waals surface area contributed by atoms with Crippen molar-refractivity contribution in [3.05, 3.63) is 40.9 Å². The SMILES string of the molecule is CC[C@@H](C)NC(=O)NC(=O)COc1ccc2cc(Br)ccc2c1. The molecule has 0 spiro atoms. The molecule has 5 nitrogen and oxygen atoms in total. The van der Waals surface area contributed by atoms with Gasteiger partial charge in [-0.1, -0.05) is 35.0 Å². The highest BCUT2D eigenvalue weighted by atomic mass is 79.9. The number of halogens is 1. The minimum absolute atomic E-state index is 0.0172. The topological polar surface area (TPSA) is 67.4 Å². The number of hydrogen-bond acceptors (Lipinski definition) is 3. The van der Waals surface area contributed by atoms with Gasteiger partial charge in [-0.25, -0.2) is 4.79 Å². The molecule has 6 heteroatoms. The number of ether oxygens (including phenoxy) is 1. The number of hydrogen-bond donors (Lipinski definition) is 2. The molecule has 2 aromatic carbocycles. The van der Waals surface area contributed by atoms with E-state index in [0.717, 1.165) is 21.7 Å². The van der Waals surface area contributed by atoms with Crippen LogP contribution in [0.15, 0.2) is 40.9 Å². The Labute approximate surface area is 143 Å². The number of carbonyl (C=O) groups is 2. The number of carbonyl (C=O) groups excluding carboxylic acids is 2. The second kappa shape index (κ2) is 7.97. The van der Waals surface area contributed by atoms with Gasteiger partial charge in [-0.2, -0.15) is 0 Å². The van der Waals surface area contributed by atoms with Crippen molar-refractivity contribution in [2.45, 2.75) is 26.3 Å². The quantitative estimate of drug-likeness (QED) is 0.834. The van der Waals surface area contributed by atoms with E-state index >= 15 is 0 Å². The summed E-state index contributed by atoms with van der Waals surface area (Å²) in [5.74, 6) is 0.0963. The predicted molar refractivity (Wildman–Crippen MR) is 93.6 cm³/mol. The van der Waals surface area contributed by atoms with Gasteiger partial charge in [-0.05, 0) is 48.4 Å². The number of amides is 3. The van der Waals surface area contributed by atoms with Crippen LogP contribution in [0, 0.1) is 0 Å². The number of rotatable bonds is 5. The van der Waals surface area contributed by atoms with Crippen LogP contribution in [0.5, 0.6) is 5.75 Å². The van der Waals surface area contributed by atoms with E-state index in [2.05, 4.69) is 26.6 Å². The van der Waals surface area contributed by atoms with Gasteiger partial charge < -0.3 is 10.1 Å². The number of benzene rings is 2. The van der Waals surface area contributed by atoms with Crippen LogP contribution in [-0.2, 0) is 4.79 Å². The van der Waals surface area contributed by atoms with E-state index in [-0.39, 0.29) is 12.6 Å². The van der Waals surface area contributed by atoms with Crippen molar-refractivity contribution in [1.29, 1.82) is 0 Å². The van der Waals surface area contributed by atoms with Crippen molar-refractivity contribution in [2.75, 3.05) is 6.61 Å². The largest absolute Gasteiger partial charge is 0.484 e. The molecule has 0 aromatic heterocycles. The molecule has 122 valence electrons. The summed E-state index contributed by atoms with van der Waals surface area (Å²) in [6.07, 6.45) is 0.797. The number of imide groups is 1. The standard InChI is InChI=1S/C17H19BrN2O3/c1-3-11(2)19-17(22)20-16(21)10-23-15-7-5-12-8-14(18)6-4-13(12)9-15/h4-9,11H,3,10H2,1-2H3,(H2,19,20,21,22)/t11-/m1/s1. The zero-order valence-corrected chi connectivity index (χ0v) is 14.6. The maximum absolute atomic E-state index is 11.7. The summed E-state index contributed by atoms with van der Waals surface area (Å²) in [5.41, 5.74) is 0. The van der Waals surface area contributed by atoms with E-state index in [9.17, 15) is 9.59 Å². The van der Waals surface area contributed by atoms with Crippen LogP contribution < -0.4 is 15.4 Å². The minimum atomic E-state index is -0.503. The van der Waals surface area contributed by atoms with E-state index in [4.69, 9.17) is 4.74 Å². The van der Waals surface area contributed by atoms with Gasteiger partial charge in [-0.15, -0.1) is 0 Å². The van der Waals surface area contributed by atoms with Crippen molar-refractivity contribution in [3.8, 4) is 5.75 Å². The molecule has 0 saturated carbocycles. The van der Waals surface area contributed by atoms with Crippen molar-refractivity contribution in [2.24, 2.45) is 0 Å². The predicted octanol–water partition coefficient (Wildman–Crippen LogP) is 3.61. The summed E-state index contributed by atoms with van der Waals surface area (Å²) in [7, 11) is 0. The maximum Gasteiger partial charge on any atom is 0.321 e. The molecule has 0 aliphatic carbocycles. The highest BCUT2D eigenvalue weighted by Gasteiger charge is 2.10. The van der Waals surface area contributed by atoms with E-state index in [0.29, 0.717) is 5.75 Å². The van der Waals surface area contributed by atoms with E-state index in [1.165, 1.54) is 0 Å². The molecule has 0 bridgehead atoms. The Morgan fingerprint density at radius 2 is 1.87 bits per heavy atom. The van der Waals surface area contributed by atoms with Gasteiger partial charge in [0.1, 0.15) is 5.75 Å². The van der Waals surface area contributed by atoms with E-state index in [1.54, 1.807) is 6.07 Å². The van der Waals surface area contributed by atoms with E-state index < -0.39 is 11.9 Å². The van der Waals surface area contributed by atoms with Gasteiger partial charge in [0.05, 0.1) is 0 Å². The van der Waals surface area contributed by atoms with Crippen LogP contribution in [0.25, 0.3) is 10.8 Å². The van der Waals surface area contributed by atoms with Crippen molar-refractivity contribution in [3.63, 3.8) is 0 Å². The Bertz CT molecular complexity index is 718. The van der Waals surface area contributed by atoms with Crippen molar-refractivity contribution >= 4 is 38.6 Å². The maximum atomic E-state index is 11.7. The summed E-state index contributed by atoms with van der Waals surface area (Å²) < 4.78 is 6.44. The average molecular weight is 379 g/mol. The first-order valence-corrected chi connectivity index (χ1v) is 8.19. The van der Waals surface area contributed by atoms with Crippen LogP contribution in [0.4, 0.5) is 4.79 Å². The Morgan fingerprint density at radius 3 is 2.61 bits per heavy atom. The van der Waals surface area contributed by atoms with Crippen LogP contribution >= 0.6 is 15.9 Å². The summed E-state index contributed by atoms with van der Waals surface area (Å²) in [5, 5.41) is 6.98. The second-order valence-corrected chi connectivity index (χ2v) is 6.19. The molecule has 2 N–H and O–H groups in total. The fourth-order valence-corrected chi connectivity index (χ4v) is 2.34. The normalized spacial score (nSPS) is 11.8. The highest BCUT2D eigenvalue weighted by Crippen LogP contribution is 2.24. The lowest BCUT2D eigenvalue weighted by Gasteiger charge is -2.12. The molecule has 0 radical (unpaired) electrons. The first kappa shape index (κ1) is 17.3. The zero-order valence-electron chi connectivity index (χ0n) is 13.1. The van der Waals surface area contributed by atoms with Crippen LogP contribution in [-0.4, -0.2) is 24.6 Å². The molecule has 2 aromatic rings. The summed E-state index contributed by atoms with van der Waals surface area (Å²) in [6, 6.07) is 11.0. The third-order valence-electron chi connectivity index (χ3n) is 3.39. The molecule has 1 atom stereocenters. The van der Waals surface area contributed by atoms with Gasteiger partial charge in [0, 0.05) is 10.5 Å². The van der Waals surface area contributed by atoms with Crippen LogP contribution in [0.3, 0.4) is 0 Å². The van der Waals surface area contributed by atoms with Gasteiger partial charge in [-0.3, -0.25) is 10.1 Å². The molecule has 23 heavy (non-hydrogen) atoms. The molecule has 0 heterocycles. The first-order valence-electron chi connectivity index (χ1n) is 7.40. The van der Waals surface area contributed by atoms with Gasteiger partial charge in [0.15, 0.2) is 6.61 Å². The van der Waals surface area contributed by atoms with E-state index in [1.807, 2.05) is 44.2 Å². The lowest BCUT2D eigenvalue weighted by Crippen LogP contribution is -2.44. The molecular formula is C17H19BrN2O3. The average Bonchev–Trinajstić information content (AvgIpc) is 2.52. The summed E-state index contributed by atoms with van der Waals surface area (Å²) in [6.45, 7) is 3.61. The Morgan fingerprint density at radius 1 is 1.17 bits per heavy atom. The minimum Gasteiger partial charge on any atom is -0.484 e. The van der Waals surface area contributed by atoms with Crippen LogP contribution in [0.1, 0.15) is 20.3 Å². The Hall–Kier alpha value is -2.08. The smallest absolute Gasteiger partial charge is 0.321 e. The molecule has 0 saturated heterocycles. The third kappa shape index (κ3) is 5.25. The lowest BCUT2D eigenvalue weighted by atomic mass is 10.1. The Balaban J connectivity index is 1.89. The number of fused-ring (bicyclic) bond motifs is 1. The molecule has 0 unspecified atom stereocenters. The monoisotopic (exact) mass is 378 g/mol. The summed E-state index contributed by atoms with van der Waals surface area (Å²) in [4.78, 5) is 23.2. The fourth-order valence-electron chi connectivity index (χ4n) is 1.96. The number of urea groups is 1. The Kier molecular flexibility index (Phi) is 5.98. The molecular weight excluding hydrogens is 360 g/mol.